The summed E-state index contributed by atoms with van der Waals surface area (Å²) >= 11 is 0.382. The molecule has 0 aliphatic carbocycles. The van der Waals surface area contributed by atoms with Crippen molar-refractivity contribution in [1.82, 2.24) is 0 Å². The minimum atomic E-state index is 0.212. The molecule has 1 heterocycles. The molecule has 0 aromatic heterocycles. The van der Waals surface area contributed by atoms with E-state index >= 15 is 0 Å². The van der Waals surface area contributed by atoms with Crippen molar-refractivity contribution in [2.75, 3.05) is 5.32 Å². The average Bonchev–Trinajstić information content (AvgIpc) is 2.35. The van der Waals surface area contributed by atoms with Crippen LogP contribution < -0.4 is 19.0 Å². The van der Waals surface area contributed by atoms with Gasteiger partial charge >= 0.3 is 113 Å². The second kappa shape index (κ2) is 4.68. The van der Waals surface area contributed by atoms with Crippen LogP contribution in [0.1, 0.15) is 13.8 Å². The van der Waals surface area contributed by atoms with Gasteiger partial charge in [0.15, 0.2) is 0 Å². The zero-order chi connectivity index (χ0) is 12.5. The first-order chi connectivity index (χ1) is 8.72. The SMILES string of the molecule is CC(C)Oc1ccc2c(c1)Nc1ccccc1[Se]2. The van der Waals surface area contributed by atoms with Gasteiger partial charge in [-0.3, -0.25) is 0 Å². The molecule has 0 spiro atoms. The van der Waals surface area contributed by atoms with E-state index in [0.717, 1.165) is 5.75 Å². The number of ether oxygens (including phenoxy) is 1. The first-order valence-corrected chi connectivity index (χ1v) is 7.78. The summed E-state index contributed by atoms with van der Waals surface area (Å²) in [6.07, 6.45) is 0.212. The van der Waals surface area contributed by atoms with Crippen molar-refractivity contribution in [3.05, 3.63) is 42.5 Å². The van der Waals surface area contributed by atoms with Gasteiger partial charge in [0.05, 0.1) is 0 Å². The van der Waals surface area contributed by atoms with Crippen LogP contribution in [0.4, 0.5) is 11.4 Å². The molecule has 0 saturated carbocycles. The maximum absolute atomic E-state index is 5.74. The van der Waals surface area contributed by atoms with Crippen LogP contribution in [0.3, 0.4) is 0 Å². The predicted molar refractivity (Wildman–Crippen MR) is 77.0 cm³/mol. The van der Waals surface area contributed by atoms with Gasteiger partial charge in [-0.1, -0.05) is 0 Å². The molecule has 1 aliphatic heterocycles. The Balaban J connectivity index is 1.93. The molecule has 3 heteroatoms. The molecule has 1 aliphatic rings. The Bertz CT molecular complexity index is 580. The molecule has 18 heavy (non-hydrogen) atoms. The van der Waals surface area contributed by atoms with Crippen LogP contribution in [-0.2, 0) is 0 Å². The van der Waals surface area contributed by atoms with E-state index in [1.807, 2.05) is 13.8 Å². The van der Waals surface area contributed by atoms with Gasteiger partial charge in [0.2, 0.25) is 0 Å². The summed E-state index contributed by atoms with van der Waals surface area (Å²) in [5, 5.41) is 3.49. The van der Waals surface area contributed by atoms with Crippen molar-refractivity contribution in [1.29, 1.82) is 0 Å². The van der Waals surface area contributed by atoms with Crippen molar-refractivity contribution in [3.8, 4) is 5.75 Å². The van der Waals surface area contributed by atoms with E-state index in [1.54, 1.807) is 0 Å². The molecular formula is C15H15NOSe. The molecule has 92 valence electrons. The zero-order valence-corrected chi connectivity index (χ0v) is 12.1. The standard InChI is InChI=1S/C15H15NOSe/c1-10(2)17-11-7-8-15-13(9-11)16-12-5-3-4-6-14(12)18-15/h3-10,16H,1-2H3. The summed E-state index contributed by atoms with van der Waals surface area (Å²) in [4.78, 5) is 0. The van der Waals surface area contributed by atoms with Crippen LogP contribution in [0.5, 0.6) is 5.75 Å². The van der Waals surface area contributed by atoms with Crippen LogP contribution in [0.25, 0.3) is 0 Å². The van der Waals surface area contributed by atoms with Gasteiger partial charge < -0.3 is 0 Å². The third-order valence-electron chi connectivity index (χ3n) is 2.70. The molecule has 0 amide bonds. The Hall–Kier alpha value is -1.44. The summed E-state index contributed by atoms with van der Waals surface area (Å²) in [7, 11) is 0. The number of para-hydroxylation sites is 1. The quantitative estimate of drug-likeness (QED) is 0.733. The Morgan fingerprint density at radius 2 is 1.78 bits per heavy atom. The second-order valence-electron chi connectivity index (χ2n) is 4.55. The molecular weight excluding hydrogens is 289 g/mol. The first-order valence-electron chi connectivity index (χ1n) is 6.07. The maximum atomic E-state index is 5.74. The number of hydrogen-bond donors (Lipinski definition) is 1. The van der Waals surface area contributed by atoms with Crippen LogP contribution >= 0.6 is 0 Å². The Morgan fingerprint density at radius 1 is 1.00 bits per heavy atom. The molecule has 0 unspecified atom stereocenters. The van der Waals surface area contributed by atoms with Crippen LogP contribution in [0.2, 0.25) is 0 Å². The van der Waals surface area contributed by atoms with E-state index in [-0.39, 0.29) is 6.10 Å². The fourth-order valence-corrected chi connectivity index (χ4v) is 4.00. The summed E-state index contributed by atoms with van der Waals surface area (Å²) in [6.45, 7) is 4.10. The third kappa shape index (κ3) is 2.24. The first kappa shape index (κ1) is 11.6. The summed E-state index contributed by atoms with van der Waals surface area (Å²) < 4.78 is 8.53. The van der Waals surface area contributed by atoms with Gasteiger partial charge in [0.1, 0.15) is 0 Å². The predicted octanol–water partition coefficient (Wildman–Crippen LogP) is 2.19. The van der Waals surface area contributed by atoms with Crippen molar-refractivity contribution >= 4 is 35.3 Å². The van der Waals surface area contributed by atoms with Gasteiger partial charge in [-0.2, -0.15) is 0 Å². The van der Waals surface area contributed by atoms with Gasteiger partial charge in [0, 0.05) is 0 Å². The summed E-state index contributed by atoms with van der Waals surface area (Å²) in [5.41, 5.74) is 2.42. The number of anilines is 2. The molecule has 0 atom stereocenters. The number of benzene rings is 2. The van der Waals surface area contributed by atoms with Crippen LogP contribution in [0, 0.1) is 0 Å². The average molecular weight is 304 g/mol. The van der Waals surface area contributed by atoms with Gasteiger partial charge in [-0.05, 0) is 0 Å². The van der Waals surface area contributed by atoms with Gasteiger partial charge in [-0.15, -0.1) is 0 Å². The van der Waals surface area contributed by atoms with Crippen LogP contribution in [0.15, 0.2) is 42.5 Å². The topological polar surface area (TPSA) is 21.3 Å². The zero-order valence-electron chi connectivity index (χ0n) is 10.4. The van der Waals surface area contributed by atoms with Crippen molar-refractivity contribution < 1.29 is 4.74 Å². The fraction of sp³-hybridized carbons (Fsp3) is 0.200. The third-order valence-corrected chi connectivity index (χ3v) is 5.12. The van der Waals surface area contributed by atoms with E-state index in [0.29, 0.717) is 15.0 Å². The van der Waals surface area contributed by atoms with Gasteiger partial charge in [-0.25, -0.2) is 0 Å². The number of fused-ring (bicyclic) bond motifs is 2. The number of hydrogen-bond acceptors (Lipinski definition) is 2. The molecule has 3 rings (SSSR count). The molecule has 0 saturated heterocycles. The van der Waals surface area contributed by atoms with E-state index < -0.39 is 0 Å². The minimum absolute atomic E-state index is 0.212. The Kier molecular flexibility index (Phi) is 3.02. The fourth-order valence-electron chi connectivity index (χ4n) is 1.96. The Morgan fingerprint density at radius 3 is 2.61 bits per heavy atom. The molecule has 0 fully saturated rings. The van der Waals surface area contributed by atoms with E-state index in [1.165, 1.54) is 20.3 Å². The number of rotatable bonds is 2. The summed E-state index contributed by atoms with van der Waals surface area (Å²) in [6, 6.07) is 14.9. The second-order valence-corrected chi connectivity index (χ2v) is 6.82. The van der Waals surface area contributed by atoms with E-state index in [9.17, 15) is 0 Å². The molecule has 0 radical (unpaired) electrons. The normalized spacial score (nSPS) is 12.6. The van der Waals surface area contributed by atoms with E-state index in [2.05, 4.69) is 47.8 Å². The van der Waals surface area contributed by atoms with Crippen LogP contribution in [-0.4, -0.2) is 21.1 Å². The molecule has 2 nitrogen and oxygen atoms in total. The van der Waals surface area contributed by atoms with Gasteiger partial charge in [0.25, 0.3) is 0 Å². The van der Waals surface area contributed by atoms with Crippen molar-refractivity contribution in [2.24, 2.45) is 0 Å². The molecule has 0 bridgehead atoms. The van der Waals surface area contributed by atoms with Crippen molar-refractivity contribution in [2.45, 2.75) is 20.0 Å². The molecule has 1 N–H and O–H groups in total. The molecule has 2 aromatic rings. The Labute approximate surface area is 114 Å². The van der Waals surface area contributed by atoms with E-state index in [4.69, 9.17) is 4.74 Å². The van der Waals surface area contributed by atoms with Crippen molar-refractivity contribution in [3.63, 3.8) is 0 Å². The molecule has 2 aromatic carbocycles. The summed E-state index contributed by atoms with van der Waals surface area (Å²) in [5.74, 6) is 0.937. The number of nitrogens with one attached hydrogen (secondary N) is 1. The monoisotopic (exact) mass is 305 g/mol.